The van der Waals surface area contributed by atoms with Crippen molar-refractivity contribution in [3.63, 3.8) is 0 Å². The van der Waals surface area contributed by atoms with Crippen LogP contribution in [0.2, 0.25) is 0 Å². The Balaban J connectivity index is 2.48. The van der Waals surface area contributed by atoms with Crippen molar-refractivity contribution in [2.75, 3.05) is 25.2 Å². The summed E-state index contributed by atoms with van der Waals surface area (Å²) >= 11 is 1.53. The largest absolute Gasteiger partial charge is 0.396 e. The summed E-state index contributed by atoms with van der Waals surface area (Å²) in [7, 11) is 1.75. The molecule has 0 radical (unpaired) electrons. The van der Waals surface area contributed by atoms with Crippen LogP contribution >= 0.6 is 11.8 Å². The third-order valence-corrected chi connectivity index (χ3v) is 4.61. The molecule has 0 aromatic carbocycles. The molecule has 4 nitrogen and oxygen atoms in total. The summed E-state index contributed by atoms with van der Waals surface area (Å²) in [4.78, 5) is 13.7. The summed E-state index contributed by atoms with van der Waals surface area (Å²) in [6, 6.07) is 2.36. The summed E-state index contributed by atoms with van der Waals surface area (Å²) in [6.45, 7) is 0.166. The van der Waals surface area contributed by atoms with Crippen LogP contribution in [0.4, 0.5) is 0 Å². The van der Waals surface area contributed by atoms with Gasteiger partial charge in [-0.2, -0.15) is 17.0 Å². The molecule has 0 aromatic heterocycles. The first-order valence-electron chi connectivity index (χ1n) is 6.53. The number of aliphatic hydroxyl groups excluding tert-OH is 1. The highest BCUT2D eigenvalue weighted by Gasteiger charge is 2.38. The van der Waals surface area contributed by atoms with Crippen molar-refractivity contribution in [2.24, 2.45) is 0 Å². The molecule has 0 saturated heterocycles. The highest BCUT2D eigenvalue weighted by Crippen LogP contribution is 2.32. The van der Waals surface area contributed by atoms with Crippen molar-refractivity contribution in [3.05, 3.63) is 0 Å². The smallest absolute Gasteiger partial charge is 0.233 e. The standard InChI is InChI=1S/C13H22N2O2S/c1-15(12(17)10-18-9-5-8-16)13(11-14)6-3-2-4-7-13/h16H,2-10H2,1H3. The van der Waals surface area contributed by atoms with E-state index < -0.39 is 5.54 Å². The molecule has 1 N–H and O–H groups in total. The van der Waals surface area contributed by atoms with E-state index in [1.165, 1.54) is 11.8 Å². The third kappa shape index (κ3) is 3.89. The summed E-state index contributed by atoms with van der Waals surface area (Å²) in [6.07, 6.45) is 5.54. The minimum absolute atomic E-state index is 0.0291. The van der Waals surface area contributed by atoms with Crippen molar-refractivity contribution in [2.45, 2.75) is 44.1 Å². The van der Waals surface area contributed by atoms with Gasteiger partial charge in [0.25, 0.3) is 0 Å². The number of hydrogen-bond acceptors (Lipinski definition) is 4. The van der Waals surface area contributed by atoms with Crippen LogP contribution in [0.5, 0.6) is 0 Å². The fraction of sp³-hybridized carbons (Fsp3) is 0.846. The SMILES string of the molecule is CN(C(=O)CSCCCO)C1(C#N)CCCCC1. The van der Waals surface area contributed by atoms with E-state index in [9.17, 15) is 10.1 Å². The van der Waals surface area contributed by atoms with Gasteiger partial charge < -0.3 is 10.0 Å². The van der Waals surface area contributed by atoms with Gasteiger partial charge in [-0.25, -0.2) is 0 Å². The molecule has 1 rings (SSSR count). The summed E-state index contributed by atoms with van der Waals surface area (Å²) in [5, 5.41) is 18.1. The Hall–Kier alpha value is -0.730. The van der Waals surface area contributed by atoms with Gasteiger partial charge in [-0.3, -0.25) is 4.79 Å². The first kappa shape index (κ1) is 15.3. The Labute approximate surface area is 113 Å². The van der Waals surface area contributed by atoms with Gasteiger partial charge in [0, 0.05) is 13.7 Å². The summed E-state index contributed by atoms with van der Waals surface area (Å²) in [5.74, 6) is 1.22. The number of thioether (sulfide) groups is 1. The van der Waals surface area contributed by atoms with Crippen LogP contribution in [0, 0.1) is 11.3 Å². The molecule has 0 aliphatic heterocycles. The molecule has 1 fully saturated rings. The maximum Gasteiger partial charge on any atom is 0.233 e. The van der Waals surface area contributed by atoms with Crippen molar-refractivity contribution in [3.8, 4) is 6.07 Å². The van der Waals surface area contributed by atoms with Gasteiger partial charge in [-0.1, -0.05) is 19.3 Å². The van der Waals surface area contributed by atoms with Crippen LogP contribution in [0.15, 0.2) is 0 Å². The molecule has 18 heavy (non-hydrogen) atoms. The molecule has 1 amide bonds. The van der Waals surface area contributed by atoms with Gasteiger partial charge >= 0.3 is 0 Å². The minimum Gasteiger partial charge on any atom is -0.396 e. The third-order valence-electron chi connectivity index (χ3n) is 3.58. The predicted molar refractivity (Wildman–Crippen MR) is 73.2 cm³/mol. The first-order chi connectivity index (χ1) is 8.66. The van der Waals surface area contributed by atoms with Crippen LogP contribution in [-0.2, 0) is 4.79 Å². The van der Waals surface area contributed by atoms with Crippen LogP contribution in [0.3, 0.4) is 0 Å². The van der Waals surface area contributed by atoms with Gasteiger partial charge in [0.05, 0.1) is 11.8 Å². The molecule has 0 unspecified atom stereocenters. The highest BCUT2D eigenvalue weighted by atomic mass is 32.2. The molecular weight excluding hydrogens is 248 g/mol. The number of nitriles is 1. The quantitative estimate of drug-likeness (QED) is 0.747. The van der Waals surface area contributed by atoms with Gasteiger partial charge in [0.1, 0.15) is 5.54 Å². The lowest BCUT2D eigenvalue weighted by Crippen LogP contribution is -2.50. The van der Waals surface area contributed by atoms with E-state index in [1.54, 1.807) is 11.9 Å². The van der Waals surface area contributed by atoms with Crippen molar-refractivity contribution < 1.29 is 9.90 Å². The molecule has 0 bridgehead atoms. The molecule has 0 atom stereocenters. The first-order valence-corrected chi connectivity index (χ1v) is 7.68. The zero-order valence-corrected chi connectivity index (χ0v) is 11.8. The molecule has 5 heteroatoms. The highest BCUT2D eigenvalue weighted by molar-refractivity contribution is 7.99. The number of rotatable bonds is 6. The van der Waals surface area contributed by atoms with Crippen LogP contribution in [0.25, 0.3) is 0 Å². The summed E-state index contributed by atoms with van der Waals surface area (Å²) < 4.78 is 0. The fourth-order valence-corrected chi connectivity index (χ4v) is 3.17. The van der Waals surface area contributed by atoms with E-state index in [2.05, 4.69) is 6.07 Å². The average molecular weight is 270 g/mol. The maximum absolute atomic E-state index is 12.1. The van der Waals surface area contributed by atoms with E-state index in [-0.39, 0.29) is 12.5 Å². The molecule has 102 valence electrons. The Morgan fingerprint density at radius 1 is 1.44 bits per heavy atom. The lowest BCUT2D eigenvalue weighted by molar-refractivity contribution is -0.131. The molecule has 1 aliphatic rings. The summed E-state index contributed by atoms with van der Waals surface area (Å²) in [5.41, 5.74) is -0.577. The Bertz CT molecular complexity index is 309. The molecule has 1 saturated carbocycles. The monoisotopic (exact) mass is 270 g/mol. The van der Waals surface area contributed by atoms with E-state index in [4.69, 9.17) is 5.11 Å². The van der Waals surface area contributed by atoms with E-state index in [0.717, 1.165) is 37.9 Å². The van der Waals surface area contributed by atoms with E-state index in [0.29, 0.717) is 12.2 Å². The number of aliphatic hydroxyl groups is 1. The fourth-order valence-electron chi connectivity index (χ4n) is 2.32. The average Bonchev–Trinajstić information content (AvgIpc) is 2.43. The lowest BCUT2D eigenvalue weighted by atomic mass is 9.81. The van der Waals surface area contributed by atoms with E-state index in [1.807, 2.05) is 0 Å². The number of amides is 1. The minimum atomic E-state index is -0.577. The normalized spacial score (nSPS) is 18.1. The zero-order chi connectivity index (χ0) is 13.4. The van der Waals surface area contributed by atoms with Crippen LogP contribution < -0.4 is 0 Å². The molecule has 0 spiro atoms. The number of nitrogens with zero attached hydrogens (tertiary/aromatic N) is 2. The molecular formula is C13H22N2O2S. The van der Waals surface area contributed by atoms with Crippen molar-refractivity contribution in [1.29, 1.82) is 5.26 Å². The predicted octanol–water partition coefficient (Wildman–Crippen LogP) is 1.79. The van der Waals surface area contributed by atoms with Gasteiger partial charge in [0.15, 0.2) is 0 Å². The topological polar surface area (TPSA) is 64.3 Å². The number of hydrogen-bond donors (Lipinski definition) is 1. The van der Waals surface area contributed by atoms with Crippen molar-refractivity contribution >= 4 is 17.7 Å². The Morgan fingerprint density at radius 3 is 2.67 bits per heavy atom. The Kier molecular flexibility index (Phi) is 6.51. The maximum atomic E-state index is 12.1. The molecule has 0 heterocycles. The second kappa shape index (κ2) is 7.65. The van der Waals surface area contributed by atoms with Crippen molar-refractivity contribution in [1.82, 2.24) is 4.90 Å². The lowest BCUT2D eigenvalue weighted by Gasteiger charge is -2.39. The second-order valence-electron chi connectivity index (χ2n) is 4.79. The van der Waals surface area contributed by atoms with Crippen LogP contribution in [0.1, 0.15) is 38.5 Å². The van der Waals surface area contributed by atoms with Gasteiger partial charge in [-0.15, -0.1) is 0 Å². The van der Waals surface area contributed by atoms with Crippen LogP contribution in [-0.4, -0.2) is 46.6 Å². The molecule has 1 aliphatic carbocycles. The second-order valence-corrected chi connectivity index (χ2v) is 5.89. The van der Waals surface area contributed by atoms with Gasteiger partial charge in [-0.05, 0) is 25.0 Å². The van der Waals surface area contributed by atoms with E-state index >= 15 is 0 Å². The van der Waals surface area contributed by atoms with Gasteiger partial charge in [0.2, 0.25) is 5.91 Å². The number of carbonyl (C=O) groups is 1. The zero-order valence-electron chi connectivity index (χ0n) is 11.0. The number of carbonyl (C=O) groups excluding carboxylic acids is 1. The Morgan fingerprint density at radius 2 is 2.11 bits per heavy atom. The molecule has 0 aromatic rings.